The molecular formula is C14H19NO5Si. The number of benzene rings is 1. The van der Waals surface area contributed by atoms with Crippen LogP contribution in [0.5, 0.6) is 0 Å². The summed E-state index contributed by atoms with van der Waals surface area (Å²) in [5.74, 6) is -0.481. The minimum Gasteiger partial charge on any atom is -0.377 e. The molecular weight excluding hydrogens is 290 g/mol. The van der Waals surface area contributed by atoms with Crippen LogP contribution < -0.4 is 0 Å². The van der Waals surface area contributed by atoms with Crippen molar-refractivity contribution in [3.63, 3.8) is 0 Å². The Morgan fingerprint density at radius 1 is 0.952 bits per heavy atom. The summed E-state index contributed by atoms with van der Waals surface area (Å²) in [6.07, 6.45) is 0.577. The van der Waals surface area contributed by atoms with Gasteiger partial charge in [-0.3, -0.25) is 14.5 Å². The van der Waals surface area contributed by atoms with E-state index in [1.54, 1.807) is 45.6 Å². The van der Waals surface area contributed by atoms with Gasteiger partial charge >= 0.3 is 8.80 Å². The molecule has 2 rings (SSSR count). The van der Waals surface area contributed by atoms with Gasteiger partial charge in [0.2, 0.25) is 0 Å². The van der Waals surface area contributed by atoms with Crippen LogP contribution in [0.3, 0.4) is 0 Å². The number of carbonyl (C=O) groups is 2. The van der Waals surface area contributed by atoms with Crippen molar-refractivity contribution in [2.24, 2.45) is 0 Å². The quantitative estimate of drug-likeness (QED) is 0.565. The van der Waals surface area contributed by atoms with Gasteiger partial charge in [0.25, 0.3) is 11.8 Å². The molecule has 0 aromatic heterocycles. The van der Waals surface area contributed by atoms with Gasteiger partial charge in [0, 0.05) is 33.9 Å². The summed E-state index contributed by atoms with van der Waals surface area (Å²) in [5, 5.41) is 0. The van der Waals surface area contributed by atoms with Crippen molar-refractivity contribution < 1.29 is 22.9 Å². The largest absolute Gasteiger partial charge is 0.500 e. The molecule has 0 fully saturated rings. The molecule has 1 aromatic carbocycles. The lowest BCUT2D eigenvalue weighted by atomic mass is 10.1. The molecule has 0 saturated heterocycles. The van der Waals surface area contributed by atoms with Crippen molar-refractivity contribution in [1.29, 1.82) is 0 Å². The zero-order valence-electron chi connectivity index (χ0n) is 12.4. The molecule has 1 heterocycles. The molecule has 0 saturated carbocycles. The molecule has 0 radical (unpaired) electrons. The van der Waals surface area contributed by atoms with Gasteiger partial charge < -0.3 is 13.3 Å². The standard InChI is InChI=1S/C14H19NO5Si/c1-18-21(19-2,20-3)10-6-9-15-13(16)11-7-4-5-8-12(11)14(15)17/h4-5,7-8H,6,9-10H2,1-3H3. The molecule has 0 unspecified atom stereocenters. The zero-order valence-corrected chi connectivity index (χ0v) is 13.4. The number of hydrogen-bond donors (Lipinski definition) is 0. The van der Waals surface area contributed by atoms with E-state index >= 15 is 0 Å². The molecule has 0 atom stereocenters. The molecule has 0 aliphatic carbocycles. The normalized spacial score (nSPS) is 14.7. The monoisotopic (exact) mass is 309 g/mol. The van der Waals surface area contributed by atoms with Crippen molar-refractivity contribution >= 4 is 20.6 Å². The van der Waals surface area contributed by atoms with Gasteiger partial charge in [0.1, 0.15) is 0 Å². The Kier molecular flexibility index (Phi) is 4.89. The second-order valence-electron chi connectivity index (χ2n) is 4.71. The Morgan fingerprint density at radius 3 is 1.86 bits per heavy atom. The summed E-state index contributed by atoms with van der Waals surface area (Å²) < 4.78 is 16.0. The lowest BCUT2D eigenvalue weighted by Crippen LogP contribution is -2.43. The smallest absolute Gasteiger partial charge is 0.377 e. The van der Waals surface area contributed by atoms with Crippen molar-refractivity contribution in [2.75, 3.05) is 27.9 Å². The highest BCUT2D eigenvalue weighted by Crippen LogP contribution is 2.23. The summed E-state index contributed by atoms with van der Waals surface area (Å²) in [7, 11) is 1.97. The van der Waals surface area contributed by atoms with E-state index in [0.29, 0.717) is 30.1 Å². The van der Waals surface area contributed by atoms with Crippen LogP contribution in [0.15, 0.2) is 24.3 Å². The van der Waals surface area contributed by atoms with E-state index < -0.39 is 8.80 Å². The molecule has 21 heavy (non-hydrogen) atoms. The number of hydrogen-bond acceptors (Lipinski definition) is 5. The third-order valence-electron chi connectivity index (χ3n) is 3.68. The molecule has 114 valence electrons. The van der Waals surface area contributed by atoms with Crippen LogP contribution in [-0.2, 0) is 13.3 Å². The fourth-order valence-electron chi connectivity index (χ4n) is 2.45. The third kappa shape index (κ3) is 2.91. The Balaban J connectivity index is 2.00. The average Bonchev–Trinajstić information content (AvgIpc) is 2.77. The first-order valence-electron chi connectivity index (χ1n) is 6.69. The fraction of sp³-hybridized carbons (Fsp3) is 0.429. The summed E-state index contributed by atoms with van der Waals surface area (Å²) in [4.78, 5) is 25.7. The maximum atomic E-state index is 12.2. The van der Waals surface area contributed by atoms with E-state index in [-0.39, 0.29) is 11.8 Å². The maximum absolute atomic E-state index is 12.2. The number of nitrogens with zero attached hydrogens (tertiary/aromatic N) is 1. The highest BCUT2D eigenvalue weighted by Gasteiger charge is 2.39. The molecule has 7 heteroatoms. The van der Waals surface area contributed by atoms with E-state index in [0.717, 1.165) is 0 Å². The fourth-order valence-corrected chi connectivity index (χ4v) is 4.16. The van der Waals surface area contributed by atoms with Crippen molar-refractivity contribution in [1.82, 2.24) is 4.90 Å². The Labute approximate surface area is 125 Å². The van der Waals surface area contributed by atoms with E-state index in [4.69, 9.17) is 13.3 Å². The topological polar surface area (TPSA) is 65.1 Å². The maximum Gasteiger partial charge on any atom is 0.500 e. The van der Waals surface area contributed by atoms with Gasteiger partial charge in [-0.1, -0.05) is 12.1 Å². The van der Waals surface area contributed by atoms with Crippen LogP contribution in [0, 0.1) is 0 Å². The van der Waals surface area contributed by atoms with Gasteiger partial charge in [0.05, 0.1) is 11.1 Å². The SMILES string of the molecule is CO[Si](CCCN1C(=O)c2ccccc2C1=O)(OC)OC. The zero-order chi connectivity index (χ0) is 15.5. The Morgan fingerprint density at radius 2 is 1.43 bits per heavy atom. The number of fused-ring (bicyclic) bond motifs is 1. The Hall–Kier alpha value is -1.54. The van der Waals surface area contributed by atoms with E-state index in [1.165, 1.54) is 4.90 Å². The minimum atomic E-state index is -2.66. The molecule has 0 N–H and O–H groups in total. The van der Waals surface area contributed by atoms with E-state index in [1.807, 2.05) is 0 Å². The molecule has 2 amide bonds. The highest BCUT2D eigenvalue weighted by atomic mass is 28.4. The lowest BCUT2D eigenvalue weighted by molar-refractivity contribution is 0.0647. The first-order valence-corrected chi connectivity index (χ1v) is 8.62. The summed E-state index contributed by atoms with van der Waals surface area (Å²) in [6, 6.07) is 7.41. The van der Waals surface area contributed by atoms with Crippen LogP contribution in [0.2, 0.25) is 6.04 Å². The second kappa shape index (κ2) is 6.48. The summed E-state index contributed by atoms with van der Waals surface area (Å²) in [5.41, 5.74) is 0.937. The van der Waals surface area contributed by atoms with Crippen LogP contribution in [0.4, 0.5) is 0 Å². The van der Waals surface area contributed by atoms with Crippen molar-refractivity contribution in [2.45, 2.75) is 12.5 Å². The van der Waals surface area contributed by atoms with Crippen LogP contribution >= 0.6 is 0 Å². The second-order valence-corrected chi connectivity index (χ2v) is 7.80. The highest BCUT2D eigenvalue weighted by molar-refractivity contribution is 6.60. The number of rotatable bonds is 7. The minimum absolute atomic E-state index is 0.241. The molecule has 0 bridgehead atoms. The summed E-state index contributed by atoms with van der Waals surface area (Å²) in [6.45, 7) is 0.331. The lowest BCUT2D eigenvalue weighted by Gasteiger charge is -2.25. The van der Waals surface area contributed by atoms with Gasteiger partial charge in [0.15, 0.2) is 0 Å². The first kappa shape index (κ1) is 15.8. The van der Waals surface area contributed by atoms with Crippen LogP contribution in [0.25, 0.3) is 0 Å². The predicted molar refractivity (Wildman–Crippen MR) is 78.0 cm³/mol. The number of imide groups is 1. The molecule has 6 nitrogen and oxygen atoms in total. The Bertz CT molecular complexity index is 501. The van der Waals surface area contributed by atoms with Gasteiger partial charge in [-0.05, 0) is 18.6 Å². The van der Waals surface area contributed by atoms with Crippen molar-refractivity contribution in [3.05, 3.63) is 35.4 Å². The van der Waals surface area contributed by atoms with Crippen LogP contribution in [0.1, 0.15) is 27.1 Å². The first-order chi connectivity index (χ1) is 10.1. The van der Waals surface area contributed by atoms with Gasteiger partial charge in [-0.25, -0.2) is 0 Å². The van der Waals surface area contributed by atoms with Gasteiger partial charge in [-0.15, -0.1) is 0 Å². The number of carbonyl (C=O) groups excluding carboxylic acids is 2. The predicted octanol–water partition coefficient (Wildman–Crippen LogP) is 1.55. The van der Waals surface area contributed by atoms with Crippen LogP contribution in [-0.4, -0.2) is 53.4 Å². The molecule has 1 aliphatic rings. The van der Waals surface area contributed by atoms with E-state index in [2.05, 4.69) is 0 Å². The molecule has 1 aromatic rings. The third-order valence-corrected chi connectivity index (χ3v) is 6.51. The molecule has 1 aliphatic heterocycles. The van der Waals surface area contributed by atoms with Gasteiger partial charge in [-0.2, -0.15) is 0 Å². The molecule has 0 spiro atoms. The number of amides is 2. The summed E-state index contributed by atoms with van der Waals surface area (Å²) >= 11 is 0. The van der Waals surface area contributed by atoms with E-state index in [9.17, 15) is 9.59 Å². The van der Waals surface area contributed by atoms with Crippen molar-refractivity contribution in [3.8, 4) is 0 Å². The average molecular weight is 309 g/mol.